The van der Waals surface area contributed by atoms with E-state index in [1.807, 2.05) is 44.2 Å². The number of nitrogens with one attached hydrogen (secondary N) is 1. The topological polar surface area (TPSA) is 124 Å². The first-order valence-electron chi connectivity index (χ1n) is 13.8. The molecule has 41 heavy (non-hydrogen) atoms. The van der Waals surface area contributed by atoms with E-state index < -0.39 is 46.5 Å². The average molecular weight is 595 g/mol. The van der Waals surface area contributed by atoms with Crippen LogP contribution in [0.3, 0.4) is 0 Å². The van der Waals surface area contributed by atoms with Crippen LogP contribution in [0.1, 0.15) is 32.3 Å². The second-order valence-corrected chi connectivity index (χ2v) is 12.8. The minimum absolute atomic E-state index is 0.0661. The van der Waals surface area contributed by atoms with Crippen LogP contribution in [0.25, 0.3) is 0 Å². The predicted molar refractivity (Wildman–Crippen MR) is 148 cm³/mol. The Kier molecular flexibility index (Phi) is 10.6. The first kappa shape index (κ1) is 31.2. The molecule has 4 rings (SSSR count). The van der Waals surface area contributed by atoms with E-state index in [-0.39, 0.29) is 42.0 Å². The van der Waals surface area contributed by atoms with Crippen molar-refractivity contribution in [3.8, 4) is 5.75 Å². The van der Waals surface area contributed by atoms with Gasteiger partial charge in [0.1, 0.15) is 6.10 Å². The molecule has 10 nitrogen and oxygen atoms in total. The summed E-state index contributed by atoms with van der Waals surface area (Å²) in [5, 5.41) is 14.2. The summed E-state index contributed by atoms with van der Waals surface area (Å²) in [6.45, 7) is 4.36. The molecule has 12 heteroatoms. The number of aliphatic hydroxyl groups is 1. The number of aliphatic hydroxyl groups excluding tert-OH is 1. The molecule has 2 aromatic carbocycles. The van der Waals surface area contributed by atoms with Gasteiger partial charge in [0.25, 0.3) is 0 Å². The standard InChI is InChI=1S/C29H39FN2O8S/c1-19(2)17-32(41(35,36)21-9-10-27(37-3)23(30)16-21)18-25(33)24(15-20-7-5-4-6-8-20)31-29(34)40-26-12-14-39-28-22(26)11-13-38-28/h4-10,16,19,22,24-26,28,33H,11-15,17-18H2,1-3H3,(H,31,34)/t22-,24-,25+,26-,28+/m0/s1. The molecule has 1 amide bonds. The van der Waals surface area contributed by atoms with Crippen LogP contribution in [0.4, 0.5) is 9.18 Å². The van der Waals surface area contributed by atoms with Gasteiger partial charge in [-0.15, -0.1) is 0 Å². The summed E-state index contributed by atoms with van der Waals surface area (Å²) in [4.78, 5) is 12.8. The number of sulfonamides is 1. The van der Waals surface area contributed by atoms with Crippen LogP contribution in [0.5, 0.6) is 5.75 Å². The summed E-state index contributed by atoms with van der Waals surface area (Å²) in [5.41, 5.74) is 0.836. The van der Waals surface area contributed by atoms with Gasteiger partial charge in [-0.2, -0.15) is 4.31 Å². The molecule has 5 atom stereocenters. The van der Waals surface area contributed by atoms with Crippen molar-refractivity contribution in [2.75, 3.05) is 33.4 Å². The molecular formula is C29H39FN2O8S. The van der Waals surface area contributed by atoms with Crippen LogP contribution in [0.2, 0.25) is 0 Å². The van der Waals surface area contributed by atoms with Crippen LogP contribution in [0.15, 0.2) is 53.4 Å². The van der Waals surface area contributed by atoms with Gasteiger partial charge in [0.2, 0.25) is 10.0 Å². The maximum absolute atomic E-state index is 14.4. The van der Waals surface area contributed by atoms with E-state index >= 15 is 0 Å². The highest BCUT2D eigenvalue weighted by atomic mass is 32.2. The van der Waals surface area contributed by atoms with E-state index in [4.69, 9.17) is 18.9 Å². The minimum Gasteiger partial charge on any atom is -0.494 e. The molecule has 2 heterocycles. The lowest BCUT2D eigenvalue weighted by molar-refractivity contribution is -0.179. The molecule has 2 aliphatic rings. The molecule has 0 aliphatic carbocycles. The number of hydrogen-bond acceptors (Lipinski definition) is 8. The van der Waals surface area contributed by atoms with Crippen molar-refractivity contribution in [3.05, 3.63) is 59.9 Å². The van der Waals surface area contributed by atoms with Crippen molar-refractivity contribution in [1.82, 2.24) is 9.62 Å². The Labute approximate surface area is 240 Å². The van der Waals surface area contributed by atoms with Crippen molar-refractivity contribution in [2.45, 2.75) is 62.5 Å². The third-order valence-electron chi connectivity index (χ3n) is 7.29. The zero-order chi connectivity index (χ0) is 29.6. The molecule has 2 saturated heterocycles. The highest BCUT2D eigenvalue weighted by Gasteiger charge is 2.41. The lowest BCUT2D eigenvalue weighted by atomic mass is 9.95. The van der Waals surface area contributed by atoms with Crippen molar-refractivity contribution in [1.29, 1.82) is 0 Å². The first-order chi connectivity index (χ1) is 19.6. The van der Waals surface area contributed by atoms with Gasteiger partial charge >= 0.3 is 6.09 Å². The fraction of sp³-hybridized carbons (Fsp3) is 0.552. The smallest absolute Gasteiger partial charge is 0.407 e. The third-order valence-corrected chi connectivity index (χ3v) is 9.12. The fourth-order valence-electron chi connectivity index (χ4n) is 5.22. The Hall–Kier alpha value is -2.77. The Morgan fingerprint density at radius 1 is 1.12 bits per heavy atom. The number of nitrogens with zero attached hydrogens (tertiary/aromatic N) is 1. The molecule has 2 aromatic rings. The summed E-state index contributed by atoms with van der Waals surface area (Å²) < 4.78 is 64.6. The molecule has 2 N–H and O–H groups in total. The van der Waals surface area contributed by atoms with Gasteiger partial charge in [0.15, 0.2) is 17.9 Å². The molecule has 0 aromatic heterocycles. The van der Waals surface area contributed by atoms with Crippen LogP contribution in [-0.4, -0.2) is 81.9 Å². The second kappa shape index (κ2) is 13.9. The summed E-state index contributed by atoms with van der Waals surface area (Å²) >= 11 is 0. The van der Waals surface area contributed by atoms with Crippen LogP contribution in [0, 0.1) is 17.7 Å². The Balaban J connectivity index is 1.53. The molecule has 0 unspecified atom stereocenters. The van der Waals surface area contributed by atoms with E-state index in [0.717, 1.165) is 15.9 Å². The SMILES string of the molecule is COc1ccc(S(=O)(=O)N(CC(C)C)C[C@@H](O)[C@H](Cc2ccccc2)NC(=O)O[C@H]2CCO[C@H]3OCC[C@H]32)cc1F. The Morgan fingerprint density at radius 2 is 1.83 bits per heavy atom. The Bertz CT molecular complexity index is 1260. The summed E-state index contributed by atoms with van der Waals surface area (Å²) in [7, 11) is -2.91. The van der Waals surface area contributed by atoms with E-state index in [9.17, 15) is 22.7 Å². The van der Waals surface area contributed by atoms with Gasteiger partial charge in [-0.3, -0.25) is 0 Å². The normalized spacial score (nSPS) is 22.3. The molecule has 2 aliphatic heterocycles. The predicted octanol–water partition coefficient (Wildman–Crippen LogP) is 3.33. The van der Waals surface area contributed by atoms with Crippen LogP contribution >= 0.6 is 0 Å². The van der Waals surface area contributed by atoms with Crippen LogP contribution < -0.4 is 10.1 Å². The molecule has 0 bridgehead atoms. The zero-order valence-corrected chi connectivity index (χ0v) is 24.4. The summed E-state index contributed by atoms with van der Waals surface area (Å²) in [6, 6.07) is 11.8. The number of amides is 1. The highest BCUT2D eigenvalue weighted by Crippen LogP contribution is 2.32. The lowest BCUT2D eigenvalue weighted by Crippen LogP contribution is -2.52. The van der Waals surface area contributed by atoms with Crippen molar-refractivity contribution >= 4 is 16.1 Å². The number of halogens is 1. The number of rotatable bonds is 12. The third kappa shape index (κ3) is 7.95. The summed E-state index contributed by atoms with van der Waals surface area (Å²) in [6.07, 6.45) is -1.34. The number of alkyl carbamates (subject to hydrolysis) is 1. The molecule has 226 valence electrons. The number of hydrogen-bond donors (Lipinski definition) is 2. The first-order valence-corrected chi connectivity index (χ1v) is 15.3. The van der Waals surface area contributed by atoms with Crippen molar-refractivity contribution < 1.29 is 41.7 Å². The Morgan fingerprint density at radius 3 is 2.49 bits per heavy atom. The average Bonchev–Trinajstić information content (AvgIpc) is 3.42. The molecule has 0 radical (unpaired) electrons. The van der Waals surface area contributed by atoms with E-state index in [1.54, 1.807) is 0 Å². The molecule has 2 fully saturated rings. The van der Waals surface area contributed by atoms with Crippen molar-refractivity contribution in [3.63, 3.8) is 0 Å². The van der Waals surface area contributed by atoms with E-state index in [1.165, 1.54) is 19.2 Å². The van der Waals surface area contributed by atoms with E-state index in [0.29, 0.717) is 26.1 Å². The maximum atomic E-state index is 14.4. The number of carbonyl (C=O) groups is 1. The van der Waals surface area contributed by atoms with Gasteiger partial charge < -0.3 is 29.4 Å². The lowest BCUT2D eigenvalue weighted by Gasteiger charge is -2.33. The zero-order valence-electron chi connectivity index (χ0n) is 23.6. The number of methoxy groups -OCH3 is 1. The quantitative estimate of drug-likeness (QED) is 0.384. The largest absolute Gasteiger partial charge is 0.494 e. The van der Waals surface area contributed by atoms with Gasteiger partial charge in [-0.1, -0.05) is 44.2 Å². The van der Waals surface area contributed by atoms with Crippen molar-refractivity contribution in [2.24, 2.45) is 11.8 Å². The number of fused-ring (bicyclic) bond motifs is 1. The minimum atomic E-state index is -4.20. The highest BCUT2D eigenvalue weighted by molar-refractivity contribution is 7.89. The molecule has 0 saturated carbocycles. The van der Waals surface area contributed by atoms with Gasteiger partial charge in [-0.25, -0.2) is 17.6 Å². The van der Waals surface area contributed by atoms with Crippen LogP contribution in [-0.2, 0) is 30.7 Å². The number of benzene rings is 2. The molecule has 0 spiro atoms. The summed E-state index contributed by atoms with van der Waals surface area (Å²) in [5.74, 6) is -1.05. The fourth-order valence-corrected chi connectivity index (χ4v) is 6.85. The number of ether oxygens (including phenoxy) is 4. The van der Waals surface area contributed by atoms with Gasteiger partial charge in [0.05, 0.1) is 37.4 Å². The van der Waals surface area contributed by atoms with Gasteiger partial charge in [-0.05, 0) is 42.5 Å². The maximum Gasteiger partial charge on any atom is 0.407 e. The van der Waals surface area contributed by atoms with Gasteiger partial charge in [0, 0.05) is 25.4 Å². The monoisotopic (exact) mass is 594 g/mol. The second-order valence-electron chi connectivity index (χ2n) is 10.8. The van der Waals surface area contributed by atoms with E-state index in [2.05, 4.69) is 5.32 Å². The molecular weight excluding hydrogens is 555 g/mol. The number of carbonyl (C=O) groups excluding carboxylic acids is 1.